The highest BCUT2D eigenvalue weighted by Crippen LogP contribution is 1.73. The molecule has 2 N–H and O–H groups in total. The Hall–Kier alpha value is -0.250. The number of alkyl halides is 1. The second-order valence-electron chi connectivity index (χ2n) is 0.629. The fourth-order valence-electron chi connectivity index (χ4n) is 0. The average Bonchev–Trinajstić information content (AvgIpc) is 1.69. The predicted molar refractivity (Wildman–Crippen MR) is 36.7 cm³/mol. The first-order valence-corrected chi connectivity index (χ1v) is 3.03. The van der Waals surface area contributed by atoms with E-state index in [1.165, 1.54) is 0 Å². The van der Waals surface area contributed by atoms with Crippen molar-refractivity contribution in [3.63, 3.8) is 0 Å². The minimum atomic E-state index is -0.829. The first kappa shape index (κ1) is 10.7. The molecule has 0 aliphatic carbocycles. The van der Waals surface area contributed by atoms with E-state index in [0.717, 1.165) is 0 Å². The quantitative estimate of drug-likeness (QED) is 0.377. The number of carbonyl (C=O) groups is 1. The van der Waals surface area contributed by atoms with Crippen LogP contribution in [0.2, 0.25) is 0 Å². The molecule has 0 aromatic heterocycles. The number of isothiocyanates is 1. The monoisotopic (exact) mass is 197 g/mol. The van der Waals surface area contributed by atoms with Crippen molar-refractivity contribution in [1.29, 1.82) is 5.41 Å². The Morgan fingerprint density at radius 3 is 2.12 bits per heavy atom. The largest absolute Gasteiger partial charge is 0.481 e. The van der Waals surface area contributed by atoms with Crippen LogP contribution in [0.1, 0.15) is 0 Å². The van der Waals surface area contributed by atoms with Gasteiger partial charge in [-0.2, -0.15) is 0 Å². The van der Waals surface area contributed by atoms with E-state index in [1.54, 1.807) is 5.16 Å². The van der Waals surface area contributed by atoms with Gasteiger partial charge in [-0.15, -0.1) is 0 Å². The molecule has 0 aromatic carbocycles. The van der Waals surface area contributed by atoms with Gasteiger partial charge in [0.05, 0.1) is 5.16 Å². The van der Waals surface area contributed by atoms with Crippen LogP contribution < -0.4 is 0 Å². The fourth-order valence-corrected chi connectivity index (χ4v) is 0. The summed E-state index contributed by atoms with van der Waals surface area (Å²) in [6.45, 7) is 0. The van der Waals surface area contributed by atoms with Crippen LogP contribution in [0.3, 0.4) is 0 Å². The normalized spacial score (nSPS) is 5.62. The molecule has 0 fully saturated rings. The standard InChI is InChI=1S/C2H3BrO2.CHNS/c3-1-2(4)5;2-1-3/h1H2,(H,4,5);2H. The van der Waals surface area contributed by atoms with Gasteiger partial charge in [-0.3, -0.25) is 4.79 Å². The number of hydrogen-bond acceptors (Lipinski definition) is 3. The number of carboxylic acids is 1. The fraction of sp³-hybridized carbons (Fsp3) is 0.333. The molecule has 0 bridgehead atoms. The first-order chi connectivity index (χ1) is 3.68. The number of thiocarbonyl (C=S) groups is 1. The molecule has 0 saturated heterocycles. The third-order valence-electron chi connectivity index (χ3n) is 0.114. The number of hydrogen-bond donors (Lipinski definition) is 2. The van der Waals surface area contributed by atoms with Gasteiger partial charge in [0.25, 0.3) is 0 Å². The van der Waals surface area contributed by atoms with E-state index in [1.807, 2.05) is 0 Å². The van der Waals surface area contributed by atoms with Gasteiger partial charge in [-0.05, 0) is 12.2 Å². The van der Waals surface area contributed by atoms with Crippen LogP contribution >= 0.6 is 28.1 Å². The van der Waals surface area contributed by atoms with Crippen LogP contribution in [0.15, 0.2) is 0 Å². The summed E-state index contributed by atoms with van der Waals surface area (Å²) in [5, 5.41) is 15.1. The molecule has 0 heterocycles. The summed E-state index contributed by atoms with van der Waals surface area (Å²) in [4.78, 5) is 9.32. The highest BCUT2D eigenvalue weighted by atomic mass is 79.9. The van der Waals surface area contributed by atoms with Gasteiger partial charge in [0.1, 0.15) is 5.33 Å². The van der Waals surface area contributed by atoms with Crippen molar-refractivity contribution in [1.82, 2.24) is 0 Å². The van der Waals surface area contributed by atoms with Crippen molar-refractivity contribution >= 4 is 39.3 Å². The molecular formula is C3H4BrNO2S. The third-order valence-corrected chi connectivity index (χ3v) is 0.594. The number of carboxylic acid groups (broad SMARTS) is 1. The number of halogens is 1. The maximum absolute atomic E-state index is 9.32. The third kappa shape index (κ3) is 42.4. The van der Waals surface area contributed by atoms with Crippen LogP contribution in [0.4, 0.5) is 0 Å². The molecule has 0 spiro atoms. The number of aliphatic carboxylic acids is 1. The van der Waals surface area contributed by atoms with E-state index >= 15 is 0 Å². The maximum Gasteiger partial charge on any atom is 0.314 e. The van der Waals surface area contributed by atoms with Gasteiger partial charge >= 0.3 is 5.97 Å². The first-order valence-electron chi connectivity index (χ1n) is 1.50. The molecule has 0 aromatic rings. The van der Waals surface area contributed by atoms with E-state index < -0.39 is 5.97 Å². The van der Waals surface area contributed by atoms with Crippen LogP contribution in [0.25, 0.3) is 0 Å². The van der Waals surface area contributed by atoms with Gasteiger partial charge in [0.2, 0.25) is 0 Å². The highest BCUT2D eigenvalue weighted by molar-refractivity contribution is 9.09. The number of rotatable bonds is 1. The second kappa shape index (κ2) is 9.89. The Labute approximate surface area is 60.3 Å². The summed E-state index contributed by atoms with van der Waals surface area (Å²) in [6, 6.07) is 0. The van der Waals surface area contributed by atoms with E-state index in [9.17, 15) is 4.79 Å². The topological polar surface area (TPSA) is 61.2 Å². The number of nitrogens with one attached hydrogen (secondary N) is 1. The van der Waals surface area contributed by atoms with Gasteiger partial charge in [0.15, 0.2) is 0 Å². The van der Waals surface area contributed by atoms with E-state index in [0.29, 0.717) is 0 Å². The Balaban J connectivity index is 0. The molecule has 0 amide bonds. The predicted octanol–water partition coefficient (Wildman–Crippen LogP) is 1.13. The van der Waals surface area contributed by atoms with Crippen molar-refractivity contribution in [3.8, 4) is 0 Å². The van der Waals surface area contributed by atoms with Gasteiger partial charge in [-0.1, -0.05) is 15.9 Å². The van der Waals surface area contributed by atoms with Crippen molar-refractivity contribution in [2.24, 2.45) is 0 Å². The summed E-state index contributed by atoms with van der Waals surface area (Å²) in [5.74, 6) is -0.829. The van der Waals surface area contributed by atoms with Crippen molar-refractivity contribution in [3.05, 3.63) is 0 Å². The zero-order valence-corrected chi connectivity index (χ0v) is 6.25. The molecule has 0 saturated carbocycles. The molecule has 0 aliphatic rings. The summed E-state index contributed by atoms with van der Waals surface area (Å²) in [7, 11) is 0. The lowest BCUT2D eigenvalue weighted by Gasteiger charge is -1.70. The van der Waals surface area contributed by atoms with E-state index in [2.05, 4.69) is 28.1 Å². The van der Waals surface area contributed by atoms with Crippen LogP contribution in [-0.4, -0.2) is 21.6 Å². The van der Waals surface area contributed by atoms with Gasteiger partial charge in [-0.25, -0.2) is 5.41 Å². The lowest BCUT2D eigenvalue weighted by Crippen LogP contribution is -1.92. The Kier molecular flexibility index (Phi) is 13.2. The van der Waals surface area contributed by atoms with Gasteiger partial charge < -0.3 is 5.11 Å². The minimum absolute atomic E-state index is 0.0347. The Morgan fingerprint density at radius 1 is 2.00 bits per heavy atom. The van der Waals surface area contributed by atoms with Gasteiger partial charge in [0, 0.05) is 0 Å². The molecule has 5 heteroatoms. The Morgan fingerprint density at radius 2 is 2.12 bits per heavy atom. The second-order valence-corrected chi connectivity index (χ2v) is 1.39. The smallest absolute Gasteiger partial charge is 0.314 e. The molecule has 0 radical (unpaired) electrons. The van der Waals surface area contributed by atoms with Crippen LogP contribution in [0.5, 0.6) is 0 Å². The SMILES string of the molecule is N=C=S.O=C(O)CBr. The van der Waals surface area contributed by atoms with Crippen LogP contribution in [0, 0.1) is 5.41 Å². The van der Waals surface area contributed by atoms with E-state index in [-0.39, 0.29) is 5.33 Å². The van der Waals surface area contributed by atoms with E-state index in [4.69, 9.17) is 10.5 Å². The summed E-state index contributed by atoms with van der Waals surface area (Å²) >= 11 is 6.52. The maximum atomic E-state index is 9.32. The zero-order valence-electron chi connectivity index (χ0n) is 3.85. The molecule has 46 valence electrons. The zero-order chi connectivity index (χ0) is 6.99. The summed E-state index contributed by atoms with van der Waals surface area (Å²) in [5.41, 5.74) is 0. The van der Waals surface area contributed by atoms with Crippen molar-refractivity contribution in [2.75, 3.05) is 5.33 Å². The molecule has 0 aliphatic heterocycles. The van der Waals surface area contributed by atoms with Crippen LogP contribution in [-0.2, 0) is 4.79 Å². The molecular weight excluding hydrogens is 194 g/mol. The molecule has 0 atom stereocenters. The molecule has 8 heavy (non-hydrogen) atoms. The molecule has 0 rings (SSSR count). The van der Waals surface area contributed by atoms with Crippen molar-refractivity contribution < 1.29 is 9.90 Å². The summed E-state index contributed by atoms with van der Waals surface area (Å²) in [6.07, 6.45) is 0. The molecule has 0 unspecified atom stereocenters. The highest BCUT2D eigenvalue weighted by Gasteiger charge is 1.83. The lowest BCUT2D eigenvalue weighted by molar-refractivity contribution is -0.133. The Bertz CT molecular complexity index is 99.5. The minimum Gasteiger partial charge on any atom is -0.481 e. The molecule has 3 nitrogen and oxygen atoms in total. The average molecular weight is 198 g/mol. The summed E-state index contributed by atoms with van der Waals surface area (Å²) < 4.78 is 0. The van der Waals surface area contributed by atoms with Crippen molar-refractivity contribution in [2.45, 2.75) is 0 Å². The lowest BCUT2D eigenvalue weighted by atomic mass is 10.8.